The quantitative estimate of drug-likeness (QED) is 0.858. The fourth-order valence-corrected chi connectivity index (χ4v) is 4.09. The van der Waals surface area contributed by atoms with Crippen molar-refractivity contribution in [3.63, 3.8) is 0 Å². The lowest BCUT2D eigenvalue weighted by molar-refractivity contribution is -0.122. The second kappa shape index (κ2) is 6.72. The minimum atomic E-state index is -0.332. The van der Waals surface area contributed by atoms with Crippen LogP contribution in [-0.4, -0.2) is 29.9 Å². The topological polar surface area (TPSA) is 32.3 Å². The highest BCUT2D eigenvalue weighted by molar-refractivity contribution is 6.06. The lowest BCUT2D eigenvalue weighted by atomic mass is 9.73. The second-order valence-electron chi connectivity index (χ2n) is 7.63. The van der Waals surface area contributed by atoms with E-state index in [2.05, 4.69) is 55.8 Å². The number of hydrogen-bond acceptors (Lipinski definition) is 2. The molecule has 3 nitrogen and oxygen atoms in total. The molecular formula is C21H30N2O. The number of hydrogen-bond donors (Lipinski definition) is 1. The lowest BCUT2D eigenvalue weighted by Gasteiger charge is -2.40. The average molecular weight is 326 g/mol. The van der Waals surface area contributed by atoms with E-state index in [-0.39, 0.29) is 11.3 Å². The maximum absolute atomic E-state index is 12.8. The third kappa shape index (κ3) is 2.90. The van der Waals surface area contributed by atoms with E-state index in [1.807, 2.05) is 0 Å². The predicted octanol–water partition coefficient (Wildman–Crippen LogP) is 4.58. The van der Waals surface area contributed by atoms with Gasteiger partial charge >= 0.3 is 0 Å². The molecule has 2 heterocycles. The summed E-state index contributed by atoms with van der Waals surface area (Å²) < 4.78 is 0. The molecule has 2 aliphatic rings. The van der Waals surface area contributed by atoms with Crippen LogP contribution in [0.4, 0.5) is 5.69 Å². The maximum atomic E-state index is 12.8. The summed E-state index contributed by atoms with van der Waals surface area (Å²) in [4.78, 5) is 15.3. The van der Waals surface area contributed by atoms with Crippen LogP contribution in [0.3, 0.4) is 0 Å². The molecule has 24 heavy (non-hydrogen) atoms. The molecule has 0 bridgehead atoms. The highest BCUT2D eigenvalue weighted by atomic mass is 16.2. The Kier molecular flexibility index (Phi) is 4.82. The molecule has 1 saturated heterocycles. The first-order valence-corrected chi connectivity index (χ1v) is 9.36. The summed E-state index contributed by atoms with van der Waals surface area (Å²) >= 11 is 0. The van der Waals surface area contributed by atoms with Gasteiger partial charge in [-0.05, 0) is 81.5 Å². The average Bonchev–Trinajstić information content (AvgIpc) is 2.84. The van der Waals surface area contributed by atoms with Crippen LogP contribution in [0.5, 0.6) is 0 Å². The van der Waals surface area contributed by atoms with Gasteiger partial charge in [-0.3, -0.25) is 4.79 Å². The van der Waals surface area contributed by atoms with Gasteiger partial charge in [0.15, 0.2) is 0 Å². The number of unbranched alkanes of at least 4 members (excludes halogenated alkanes) is 1. The lowest BCUT2D eigenvalue weighted by Crippen LogP contribution is -2.48. The molecule has 1 aromatic carbocycles. The first-order chi connectivity index (χ1) is 11.5. The molecule has 1 aromatic rings. The normalized spacial score (nSPS) is 19.6. The number of fused-ring (bicyclic) bond motifs is 2. The summed E-state index contributed by atoms with van der Waals surface area (Å²) in [7, 11) is 0. The molecule has 0 saturated carbocycles. The minimum absolute atomic E-state index is 0.192. The summed E-state index contributed by atoms with van der Waals surface area (Å²) in [6.07, 6.45) is 5.20. The minimum Gasteiger partial charge on any atom is -0.325 e. The van der Waals surface area contributed by atoms with Crippen LogP contribution in [-0.2, 0) is 10.2 Å². The summed E-state index contributed by atoms with van der Waals surface area (Å²) in [5.41, 5.74) is 4.26. The van der Waals surface area contributed by atoms with Crippen molar-refractivity contribution >= 4 is 17.2 Å². The van der Waals surface area contributed by atoms with Gasteiger partial charge in [-0.15, -0.1) is 0 Å². The van der Waals surface area contributed by atoms with Gasteiger partial charge in [0, 0.05) is 11.7 Å². The fourth-order valence-electron chi connectivity index (χ4n) is 4.09. The van der Waals surface area contributed by atoms with Crippen LogP contribution >= 0.6 is 0 Å². The third-order valence-electron chi connectivity index (χ3n) is 5.84. The molecule has 130 valence electrons. The zero-order valence-corrected chi connectivity index (χ0v) is 15.3. The van der Waals surface area contributed by atoms with Crippen molar-refractivity contribution in [1.29, 1.82) is 0 Å². The number of allylic oxidation sites excluding steroid dienone is 1. The number of amides is 1. The molecule has 0 unspecified atom stereocenters. The number of nitrogens with one attached hydrogen (secondary N) is 1. The smallest absolute Gasteiger partial charge is 0.235 e. The van der Waals surface area contributed by atoms with E-state index in [1.54, 1.807) is 0 Å². The number of piperidine rings is 1. The van der Waals surface area contributed by atoms with Crippen LogP contribution in [0.15, 0.2) is 24.8 Å². The molecule has 0 aliphatic carbocycles. The van der Waals surface area contributed by atoms with Crippen molar-refractivity contribution in [2.75, 3.05) is 18.4 Å². The number of rotatable bonds is 5. The summed E-state index contributed by atoms with van der Waals surface area (Å²) in [6, 6.07) is 6.96. The fraction of sp³-hybridized carbons (Fsp3) is 0.571. The molecule has 3 rings (SSSR count). The van der Waals surface area contributed by atoms with Crippen molar-refractivity contribution < 1.29 is 4.79 Å². The maximum Gasteiger partial charge on any atom is 0.235 e. The number of carbonyl (C=O) groups is 1. The Balaban J connectivity index is 1.87. The van der Waals surface area contributed by atoms with E-state index in [1.165, 1.54) is 29.5 Å². The van der Waals surface area contributed by atoms with E-state index in [4.69, 9.17) is 0 Å². The highest BCUT2D eigenvalue weighted by Gasteiger charge is 2.48. The van der Waals surface area contributed by atoms with Crippen LogP contribution < -0.4 is 5.32 Å². The van der Waals surface area contributed by atoms with Gasteiger partial charge < -0.3 is 10.2 Å². The Bertz CT molecular complexity index is 639. The van der Waals surface area contributed by atoms with E-state index in [0.29, 0.717) is 6.04 Å². The van der Waals surface area contributed by atoms with Crippen LogP contribution in [0.2, 0.25) is 0 Å². The van der Waals surface area contributed by atoms with Gasteiger partial charge in [0.25, 0.3) is 0 Å². The molecule has 1 N–H and O–H groups in total. The second-order valence-corrected chi connectivity index (χ2v) is 7.63. The van der Waals surface area contributed by atoms with Crippen LogP contribution in [0.1, 0.15) is 64.0 Å². The standard InChI is InChI=1S/C21H30N2O/c1-5-6-7-16(4)17-8-9-19-18(14-17)21(20(24)22-19)10-12-23(13-11-21)15(2)3/h8-9,14-15H,4-7,10-13H2,1-3H3,(H,22,24). The Morgan fingerprint density at radius 1 is 1.33 bits per heavy atom. The van der Waals surface area contributed by atoms with Crippen molar-refractivity contribution in [3.05, 3.63) is 35.9 Å². The molecule has 3 heteroatoms. The van der Waals surface area contributed by atoms with E-state index >= 15 is 0 Å². The predicted molar refractivity (Wildman–Crippen MR) is 101 cm³/mol. The summed E-state index contributed by atoms with van der Waals surface area (Å²) in [6.45, 7) is 12.9. The monoisotopic (exact) mass is 326 g/mol. The zero-order chi connectivity index (χ0) is 17.3. The van der Waals surface area contributed by atoms with E-state index in [0.717, 1.165) is 38.0 Å². The molecular weight excluding hydrogens is 296 g/mol. The summed E-state index contributed by atoms with van der Waals surface area (Å²) in [5, 5.41) is 3.12. The molecule has 0 radical (unpaired) electrons. The highest BCUT2D eigenvalue weighted by Crippen LogP contribution is 2.46. The van der Waals surface area contributed by atoms with Gasteiger partial charge in [0.2, 0.25) is 5.91 Å². The Labute approximate surface area is 146 Å². The molecule has 2 aliphatic heterocycles. The summed E-state index contributed by atoms with van der Waals surface area (Å²) in [5.74, 6) is 0.192. The Morgan fingerprint density at radius 3 is 2.67 bits per heavy atom. The first kappa shape index (κ1) is 17.2. The molecule has 1 spiro atoms. The number of likely N-dealkylation sites (tertiary alicyclic amines) is 1. The molecule has 1 amide bonds. The number of benzene rings is 1. The first-order valence-electron chi connectivity index (χ1n) is 9.36. The number of carbonyl (C=O) groups excluding carboxylic acids is 1. The Morgan fingerprint density at radius 2 is 2.04 bits per heavy atom. The Hall–Kier alpha value is -1.61. The van der Waals surface area contributed by atoms with Crippen LogP contribution in [0.25, 0.3) is 5.57 Å². The van der Waals surface area contributed by atoms with Gasteiger partial charge in [-0.1, -0.05) is 26.0 Å². The van der Waals surface area contributed by atoms with Gasteiger partial charge in [0.05, 0.1) is 5.41 Å². The number of anilines is 1. The van der Waals surface area contributed by atoms with Crippen molar-refractivity contribution in [1.82, 2.24) is 4.90 Å². The van der Waals surface area contributed by atoms with E-state index in [9.17, 15) is 4.79 Å². The van der Waals surface area contributed by atoms with Gasteiger partial charge in [0.1, 0.15) is 0 Å². The van der Waals surface area contributed by atoms with Crippen molar-refractivity contribution in [2.24, 2.45) is 0 Å². The molecule has 1 fully saturated rings. The number of nitrogens with zero attached hydrogens (tertiary/aromatic N) is 1. The largest absolute Gasteiger partial charge is 0.325 e. The van der Waals surface area contributed by atoms with Crippen molar-refractivity contribution in [2.45, 2.75) is 64.3 Å². The molecule has 0 aromatic heterocycles. The van der Waals surface area contributed by atoms with Crippen LogP contribution in [0, 0.1) is 0 Å². The third-order valence-corrected chi connectivity index (χ3v) is 5.84. The molecule has 0 atom stereocenters. The van der Waals surface area contributed by atoms with Gasteiger partial charge in [-0.2, -0.15) is 0 Å². The van der Waals surface area contributed by atoms with Crippen molar-refractivity contribution in [3.8, 4) is 0 Å². The van der Waals surface area contributed by atoms with Gasteiger partial charge in [-0.25, -0.2) is 0 Å². The SMILES string of the molecule is C=C(CCCC)c1ccc2c(c1)C1(CCN(C(C)C)CC1)C(=O)N2. The van der Waals surface area contributed by atoms with E-state index < -0.39 is 0 Å². The zero-order valence-electron chi connectivity index (χ0n) is 15.3.